The highest BCUT2D eigenvalue weighted by molar-refractivity contribution is 6.44. The second-order valence-corrected chi connectivity index (χ2v) is 3.37. The van der Waals surface area contributed by atoms with Crippen molar-refractivity contribution >= 4 is 29.2 Å². The molecule has 64 valence electrons. The summed E-state index contributed by atoms with van der Waals surface area (Å²) in [5.41, 5.74) is 0.380. The third-order valence-electron chi connectivity index (χ3n) is 0.918. The summed E-state index contributed by atoms with van der Waals surface area (Å²) in [6.07, 6.45) is 0.447. The molecular weight excluding hydrogens is 187 g/mol. The van der Waals surface area contributed by atoms with E-state index < -0.39 is 10.8 Å². The average Bonchev–Trinajstić information content (AvgIpc) is 1.86. The van der Waals surface area contributed by atoms with E-state index in [1.54, 1.807) is 6.92 Å². The van der Waals surface area contributed by atoms with Crippen LogP contribution >= 0.6 is 23.2 Å². The molecule has 0 aliphatic carbocycles. The van der Waals surface area contributed by atoms with Gasteiger partial charge in [-0.15, -0.1) is 23.2 Å². The molecule has 0 rings (SSSR count). The number of halogens is 2. The van der Waals surface area contributed by atoms with Crippen molar-refractivity contribution in [3.05, 3.63) is 12.2 Å². The van der Waals surface area contributed by atoms with Gasteiger partial charge in [0.2, 0.25) is 0 Å². The van der Waals surface area contributed by atoms with Crippen LogP contribution in [0.1, 0.15) is 13.3 Å². The van der Waals surface area contributed by atoms with Crippen LogP contribution in [0.15, 0.2) is 12.2 Å². The Morgan fingerprint density at radius 1 is 1.64 bits per heavy atom. The lowest BCUT2D eigenvalue weighted by Gasteiger charge is -2.03. The molecule has 11 heavy (non-hydrogen) atoms. The highest BCUT2D eigenvalue weighted by Gasteiger charge is 2.04. The largest absolute Gasteiger partial charge is 0.462 e. The molecule has 0 radical (unpaired) electrons. The maximum absolute atomic E-state index is 10.7. The molecule has 0 fully saturated rings. The molecule has 0 N–H and O–H groups in total. The molecule has 0 aromatic carbocycles. The van der Waals surface area contributed by atoms with E-state index in [4.69, 9.17) is 27.9 Å². The minimum Gasteiger partial charge on any atom is -0.462 e. The summed E-state index contributed by atoms with van der Waals surface area (Å²) >= 11 is 10.8. The monoisotopic (exact) mass is 196 g/mol. The first kappa shape index (κ1) is 10.8. The SMILES string of the molecule is C=C(C)C(=O)OCCC(Cl)Cl. The van der Waals surface area contributed by atoms with Crippen molar-refractivity contribution in [3.63, 3.8) is 0 Å². The van der Waals surface area contributed by atoms with Crippen molar-refractivity contribution in [3.8, 4) is 0 Å². The number of ether oxygens (including phenoxy) is 1. The van der Waals surface area contributed by atoms with Gasteiger partial charge in [-0.1, -0.05) is 6.58 Å². The van der Waals surface area contributed by atoms with Crippen LogP contribution in [0.3, 0.4) is 0 Å². The van der Waals surface area contributed by atoms with Crippen LogP contribution in [0.5, 0.6) is 0 Å². The maximum atomic E-state index is 10.7. The third kappa shape index (κ3) is 6.20. The molecule has 0 atom stereocenters. The van der Waals surface area contributed by atoms with Crippen LogP contribution in [0.2, 0.25) is 0 Å². The van der Waals surface area contributed by atoms with E-state index in [1.165, 1.54) is 0 Å². The molecule has 4 heteroatoms. The van der Waals surface area contributed by atoms with Gasteiger partial charge in [-0.2, -0.15) is 0 Å². The van der Waals surface area contributed by atoms with E-state index in [2.05, 4.69) is 6.58 Å². The van der Waals surface area contributed by atoms with E-state index in [0.29, 0.717) is 12.0 Å². The van der Waals surface area contributed by atoms with Gasteiger partial charge < -0.3 is 4.74 Å². The van der Waals surface area contributed by atoms with Gasteiger partial charge in [-0.3, -0.25) is 0 Å². The summed E-state index contributed by atoms with van der Waals surface area (Å²) < 4.78 is 4.71. The summed E-state index contributed by atoms with van der Waals surface area (Å²) in [4.78, 5) is 10.2. The standard InChI is InChI=1S/C7H10Cl2O2/c1-5(2)7(10)11-4-3-6(8)9/h6H,1,3-4H2,2H3. The molecule has 0 aromatic heterocycles. The zero-order valence-corrected chi connectivity index (χ0v) is 7.78. The van der Waals surface area contributed by atoms with E-state index in [-0.39, 0.29) is 6.61 Å². The predicted octanol–water partition coefficient (Wildman–Crippen LogP) is 2.30. The zero-order valence-electron chi connectivity index (χ0n) is 6.27. The Bertz CT molecular complexity index is 155. The first-order valence-corrected chi connectivity index (χ1v) is 4.02. The fourth-order valence-electron chi connectivity index (χ4n) is 0.364. The molecule has 0 saturated heterocycles. The average molecular weight is 197 g/mol. The second kappa shape index (κ2) is 5.44. The van der Waals surface area contributed by atoms with Gasteiger partial charge in [0.25, 0.3) is 0 Å². The van der Waals surface area contributed by atoms with E-state index >= 15 is 0 Å². The van der Waals surface area contributed by atoms with Gasteiger partial charge in [-0.05, 0) is 6.92 Å². The van der Waals surface area contributed by atoms with Gasteiger partial charge in [0.15, 0.2) is 0 Å². The highest BCUT2D eigenvalue weighted by Crippen LogP contribution is 2.06. The first-order chi connectivity index (χ1) is 5.04. The van der Waals surface area contributed by atoms with E-state index in [9.17, 15) is 4.79 Å². The molecule has 0 saturated carbocycles. The molecule has 2 nitrogen and oxygen atoms in total. The lowest BCUT2D eigenvalue weighted by atomic mass is 10.4. The highest BCUT2D eigenvalue weighted by atomic mass is 35.5. The number of rotatable bonds is 4. The Morgan fingerprint density at radius 2 is 2.18 bits per heavy atom. The third-order valence-corrected chi connectivity index (χ3v) is 1.35. The lowest BCUT2D eigenvalue weighted by molar-refractivity contribution is -0.138. The van der Waals surface area contributed by atoms with Crippen LogP contribution in [-0.2, 0) is 9.53 Å². The van der Waals surface area contributed by atoms with Gasteiger partial charge in [-0.25, -0.2) is 4.79 Å². The summed E-state index contributed by atoms with van der Waals surface area (Å²) in [6, 6.07) is 0. The molecule has 0 unspecified atom stereocenters. The minimum atomic E-state index is -0.479. The summed E-state index contributed by atoms with van der Waals surface area (Å²) in [7, 11) is 0. The van der Waals surface area contributed by atoms with Crippen molar-refractivity contribution < 1.29 is 9.53 Å². The number of alkyl halides is 2. The Morgan fingerprint density at radius 3 is 2.55 bits per heavy atom. The molecule has 0 aromatic rings. The fourth-order valence-corrected chi connectivity index (χ4v) is 0.542. The quantitative estimate of drug-likeness (QED) is 0.392. The molecule has 0 spiro atoms. The molecule has 0 aliphatic heterocycles. The van der Waals surface area contributed by atoms with Gasteiger partial charge in [0, 0.05) is 12.0 Å². The lowest BCUT2D eigenvalue weighted by Crippen LogP contribution is -2.07. The topological polar surface area (TPSA) is 26.3 Å². The van der Waals surface area contributed by atoms with Gasteiger partial charge in [0.1, 0.15) is 4.84 Å². The summed E-state index contributed by atoms with van der Waals surface area (Å²) in [5, 5.41) is 0. The summed E-state index contributed by atoms with van der Waals surface area (Å²) in [5.74, 6) is -0.404. The van der Waals surface area contributed by atoms with Crippen LogP contribution < -0.4 is 0 Å². The predicted molar refractivity (Wildman–Crippen MR) is 45.9 cm³/mol. The van der Waals surface area contributed by atoms with Gasteiger partial charge in [0.05, 0.1) is 6.61 Å². The number of esters is 1. The van der Waals surface area contributed by atoms with Crippen molar-refractivity contribution in [1.82, 2.24) is 0 Å². The van der Waals surface area contributed by atoms with E-state index in [1.807, 2.05) is 0 Å². The van der Waals surface area contributed by atoms with Gasteiger partial charge >= 0.3 is 5.97 Å². The van der Waals surface area contributed by atoms with Crippen molar-refractivity contribution in [2.45, 2.75) is 18.2 Å². The Hall–Kier alpha value is -0.210. The van der Waals surface area contributed by atoms with Crippen molar-refractivity contribution in [2.75, 3.05) is 6.61 Å². The summed E-state index contributed by atoms with van der Waals surface area (Å²) in [6.45, 7) is 5.24. The Labute approximate surface area is 76.1 Å². The molecule has 0 bridgehead atoms. The maximum Gasteiger partial charge on any atom is 0.333 e. The number of hydrogen-bond acceptors (Lipinski definition) is 2. The van der Waals surface area contributed by atoms with Crippen LogP contribution in [0.25, 0.3) is 0 Å². The molecular formula is C7H10Cl2O2. The molecule has 0 heterocycles. The molecule has 0 amide bonds. The number of carbonyl (C=O) groups is 1. The van der Waals surface area contributed by atoms with Crippen LogP contribution in [0, 0.1) is 0 Å². The molecule has 0 aliphatic rings. The Kier molecular flexibility index (Phi) is 5.34. The smallest absolute Gasteiger partial charge is 0.333 e. The minimum absolute atomic E-state index is 0.239. The van der Waals surface area contributed by atoms with Crippen molar-refractivity contribution in [1.29, 1.82) is 0 Å². The van der Waals surface area contributed by atoms with Crippen LogP contribution in [0.4, 0.5) is 0 Å². The normalized spacial score (nSPS) is 9.82. The number of carbonyl (C=O) groups excluding carboxylic acids is 1. The first-order valence-electron chi connectivity index (χ1n) is 3.15. The zero-order chi connectivity index (χ0) is 8.85. The van der Waals surface area contributed by atoms with E-state index in [0.717, 1.165) is 0 Å². The van der Waals surface area contributed by atoms with Crippen molar-refractivity contribution in [2.24, 2.45) is 0 Å². The second-order valence-electron chi connectivity index (χ2n) is 2.10. The van der Waals surface area contributed by atoms with Crippen LogP contribution in [-0.4, -0.2) is 17.4 Å². The fraction of sp³-hybridized carbons (Fsp3) is 0.571. The Balaban J connectivity index is 3.40. The number of hydrogen-bond donors (Lipinski definition) is 0.